The van der Waals surface area contributed by atoms with E-state index in [1.54, 1.807) is 0 Å². The van der Waals surface area contributed by atoms with Crippen LogP contribution in [0.5, 0.6) is 0 Å². The first-order valence-electron chi connectivity index (χ1n) is 4.34. The third kappa shape index (κ3) is 1.31. The van der Waals surface area contributed by atoms with E-state index < -0.39 is 0 Å². The van der Waals surface area contributed by atoms with Gasteiger partial charge in [0.1, 0.15) is 5.25 Å². The number of benzene rings is 1. The number of thioether (sulfide) groups is 1. The lowest BCUT2D eigenvalue weighted by atomic mass is 10.1. The van der Waals surface area contributed by atoms with Crippen LogP contribution in [-0.4, -0.2) is 17.3 Å². The second-order valence-electron chi connectivity index (χ2n) is 3.14. The van der Waals surface area contributed by atoms with Crippen molar-refractivity contribution in [1.82, 2.24) is 0 Å². The summed E-state index contributed by atoms with van der Waals surface area (Å²) in [4.78, 5) is 11.5. The van der Waals surface area contributed by atoms with Gasteiger partial charge in [-0.1, -0.05) is 12.1 Å². The first kappa shape index (κ1) is 9.55. The van der Waals surface area contributed by atoms with E-state index in [2.05, 4.69) is 5.32 Å². The van der Waals surface area contributed by atoms with Gasteiger partial charge in [-0.15, -0.1) is 11.8 Å². The molecule has 1 atom stereocenters. The highest BCUT2D eigenvalue weighted by atomic mass is 32.2. The Bertz CT molecular complexity index is 378. The van der Waals surface area contributed by atoms with E-state index >= 15 is 0 Å². The van der Waals surface area contributed by atoms with Crippen molar-refractivity contribution in [3.8, 4) is 0 Å². The number of amides is 1. The fourth-order valence-electron chi connectivity index (χ4n) is 1.72. The summed E-state index contributed by atoms with van der Waals surface area (Å²) in [6.45, 7) is -0.0187. The molecule has 1 unspecified atom stereocenters. The van der Waals surface area contributed by atoms with Gasteiger partial charge in [0.05, 0.1) is 6.61 Å². The van der Waals surface area contributed by atoms with E-state index in [1.807, 2.05) is 24.5 Å². The van der Waals surface area contributed by atoms with Crippen LogP contribution >= 0.6 is 11.8 Å². The second kappa shape index (κ2) is 3.63. The zero-order valence-electron chi connectivity index (χ0n) is 7.78. The van der Waals surface area contributed by atoms with Crippen molar-refractivity contribution in [3.63, 3.8) is 0 Å². The van der Waals surface area contributed by atoms with Gasteiger partial charge in [0, 0.05) is 11.3 Å². The highest BCUT2D eigenvalue weighted by molar-refractivity contribution is 7.99. The zero-order chi connectivity index (χ0) is 10.1. The van der Waals surface area contributed by atoms with Crippen molar-refractivity contribution in [2.24, 2.45) is 0 Å². The monoisotopic (exact) mass is 209 g/mol. The van der Waals surface area contributed by atoms with Gasteiger partial charge in [-0.3, -0.25) is 4.79 Å². The molecule has 74 valence electrons. The van der Waals surface area contributed by atoms with Gasteiger partial charge in [0.25, 0.3) is 0 Å². The average molecular weight is 209 g/mol. The molecule has 0 saturated carbocycles. The van der Waals surface area contributed by atoms with Crippen molar-refractivity contribution in [3.05, 3.63) is 29.3 Å². The minimum atomic E-state index is -0.173. The summed E-state index contributed by atoms with van der Waals surface area (Å²) in [7, 11) is 0. The number of carbonyl (C=O) groups is 1. The normalized spacial score (nSPS) is 19.3. The van der Waals surface area contributed by atoms with Crippen LogP contribution in [0.4, 0.5) is 5.69 Å². The predicted molar refractivity (Wildman–Crippen MR) is 57.3 cm³/mol. The van der Waals surface area contributed by atoms with Crippen LogP contribution in [0.1, 0.15) is 16.4 Å². The fourth-order valence-corrected chi connectivity index (χ4v) is 2.51. The Morgan fingerprint density at radius 3 is 3.00 bits per heavy atom. The predicted octanol–water partition coefficient (Wildman–Crippen LogP) is 1.54. The van der Waals surface area contributed by atoms with Crippen LogP contribution in [0.3, 0.4) is 0 Å². The molecule has 3 nitrogen and oxygen atoms in total. The number of anilines is 1. The van der Waals surface area contributed by atoms with Gasteiger partial charge in [-0.2, -0.15) is 0 Å². The van der Waals surface area contributed by atoms with Crippen molar-refractivity contribution in [1.29, 1.82) is 0 Å². The van der Waals surface area contributed by atoms with E-state index in [9.17, 15) is 4.79 Å². The molecule has 1 aliphatic heterocycles. The second-order valence-corrected chi connectivity index (χ2v) is 4.08. The van der Waals surface area contributed by atoms with Crippen LogP contribution in [0.25, 0.3) is 0 Å². The number of nitrogens with one attached hydrogen (secondary N) is 1. The van der Waals surface area contributed by atoms with E-state index in [-0.39, 0.29) is 17.8 Å². The average Bonchev–Trinajstić information content (AvgIpc) is 2.52. The standard InChI is InChI=1S/C10H11NO2S/c1-14-9-8-6(5-12)3-2-4-7(8)11-10(9)13/h2-4,9,12H,5H2,1H3,(H,11,13). The first-order valence-corrected chi connectivity index (χ1v) is 5.63. The van der Waals surface area contributed by atoms with Gasteiger partial charge in [0.2, 0.25) is 5.91 Å². The molecule has 14 heavy (non-hydrogen) atoms. The number of carbonyl (C=O) groups excluding carboxylic acids is 1. The first-order chi connectivity index (χ1) is 6.77. The topological polar surface area (TPSA) is 49.3 Å². The van der Waals surface area contributed by atoms with Crippen LogP contribution in [0.15, 0.2) is 18.2 Å². The van der Waals surface area contributed by atoms with Crippen LogP contribution in [-0.2, 0) is 11.4 Å². The molecular formula is C10H11NO2S. The Balaban J connectivity index is 2.53. The SMILES string of the molecule is CSC1C(=O)Nc2cccc(CO)c21. The lowest BCUT2D eigenvalue weighted by Crippen LogP contribution is -2.08. The molecule has 0 aliphatic carbocycles. The largest absolute Gasteiger partial charge is 0.392 e. The molecule has 4 heteroatoms. The van der Waals surface area contributed by atoms with Gasteiger partial charge >= 0.3 is 0 Å². The number of rotatable bonds is 2. The third-order valence-electron chi connectivity index (χ3n) is 2.36. The Hall–Kier alpha value is -1.00. The van der Waals surface area contributed by atoms with E-state index in [1.165, 1.54) is 11.8 Å². The maximum atomic E-state index is 11.5. The Kier molecular flexibility index (Phi) is 2.48. The molecular weight excluding hydrogens is 198 g/mol. The Morgan fingerprint density at radius 2 is 2.36 bits per heavy atom. The molecule has 0 saturated heterocycles. The quantitative estimate of drug-likeness (QED) is 0.776. The number of aliphatic hydroxyl groups excluding tert-OH is 1. The highest BCUT2D eigenvalue weighted by Gasteiger charge is 2.31. The number of hydrogen-bond acceptors (Lipinski definition) is 3. The van der Waals surface area contributed by atoms with E-state index in [4.69, 9.17) is 5.11 Å². The fraction of sp³-hybridized carbons (Fsp3) is 0.300. The van der Waals surface area contributed by atoms with Crippen LogP contribution in [0, 0.1) is 0 Å². The lowest BCUT2D eigenvalue weighted by molar-refractivity contribution is -0.115. The molecule has 2 rings (SSSR count). The maximum Gasteiger partial charge on any atom is 0.242 e. The lowest BCUT2D eigenvalue weighted by Gasteiger charge is -2.08. The molecule has 1 aromatic carbocycles. The van der Waals surface area contributed by atoms with Crippen LogP contribution in [0.2, 0.25) is 0 Å². The van der Waals surface area contributed by atoms with Gasteiger partial charge in [-0.05, 0) is 17.9 Å². The third-order valence-corrected chi connectivity index (χ3v) is 3.28. The molecule has 0 fully saturated rings. The molecule has 0 radical (unpaired) electrons. The summed E-state index contributed by atoms with van der Waals surface area (Å²) in [5.41, 5.74) is 2.61. The van der Waals surface area contributed by atoms with Gasteiger partial charge in [0.15, 0.2) is 0 Å². The number of hydrogen-bond donors (Lipinski definition) is 2. The maximum absolute atomic E-state index is 11.5. The number of fused-ring (bicyclic) bond motifs is 1. The van der Waals surface area contributed by atoms with Crippen molar-refractivity contribution >= 4 is 23.4 Å². The van der Waals surface area contributed by atoms with Gasteiger partial charge < -0.3 is 10.4 Å². The molecule has 1 amide bonds. The minimum absolute atomic E-state index is 0.00778. The zero-order valence-corrected chi connectivity index (χ0v) is 8.60. The van der Waals surface area contributed by atoms with Crippen molar-refractivity contribution in [2.75, 3.05) is 11.6 Å². The van der Waals surface area contributed by atoms with Crippen LogP contribution < -0.4 is 5.32 Å². The molecule has 0 bridgehead atoms. The summed E-state index contributed by atoms with van der Waals surface area (Å²) in [5.74, 6) is 0.00778. The summed E-state index contributed by atoms with van der Waals surface area (Å²) >= 11 is 1.49. The Morgan fingerprint density at radius 1 is 1.57 bits per heavy atom. The summed E-state index contributed by atoms with van der Waals surface area (Å²) in [5, 5.41) is 11.8. The Labute approximate surface area is 86.5 Å². The highest BCUT2D eigenvalue weighted by Crippen LogP contribution is 2.40. The smallest absolute Gasteiger partial charge is 0.242 e. The molecule has 0 spiro atoms. The molecule has 1 aromatic rings. The summed E-state index contributed by atoms with van der Waals surface area (Å²) in [6, 6.07) is 5.55. The van der Waals surface area contributed by atoms with Gasteiger partial charge in [-0.25, -0.2) is 0 Å². The molecule has 0 aromatic heterocycles. The molecule has 1 heterocycles. The summed E-state index contributed by atoms with van der Waals surface area (Å²) < 4.78 is 0. The molecule has 1 aliphatic rings. The van der Waals surface area contributed by atoms with E-state index in [0.717, 1.165) is 16.8 Å². The molecule has 2 N–H and O–H groups in total. The van der Waals surface area contributed by atoms with Crippen molar-refractivity contribution in [2.45, 2.75) is 11.9 Å². The minimum Gasteiger partial charge on any atom is -0.392 e. The number of aliphatic hydroxyl groups is 1. The van der Waals surface area contributed by atoms with E-state index in [0.29, 0.717) is 0 Å². The van der Waals surface area contributed by atoms with Crippen molar-refractivity contribution < 1.29 is 9.90 Å². The summed E-state index contributed by atoms with van der Waals surface area (Å²) in [6.07, 6.45) is 1.90.